The van der Waals surface area contributed by atoms with Crippen molar-refractivity contribution in [2.24, 2.45) is 11.8 Å². The second kappa shape index (κ2) is 6.24. The Labute approximate surface area is 121 Å². The van der Waals surface area contributed by atoms with Crippen LogP contribution in [-0.2, 0) is 16.6 Å². The first-order valence-electron chi connectivity index (χ1n) is 7.12. The number of aromatic nitrogens is 2. The van der Waals surface area contributed by atoms with Crippen molar-refractivity contribution < 1.29 is 8.42 Å². The van der Waals surface area contributed by atoms with Gasteiger partial charge in [-0.1, -0.05) is 13.8 Å². The highest BCUT2D eigenvalue weighted by Crippen LogP contribution is 2.27. The van der Waals surface area contributed by atoms with Crippen molar-refractivity contribution in [1.82, 2.24) is 19.4 Å². The zero-order chi connectivity index (χ0) is 14.8. The molecule has 0 aromatic carbocycles. The fraction of sp³-hybridized carbons (Fsp3) is 0.769. The Morgan fingerprint density at radius 1 is 1.35 bits per heavy atom. The molecule has 0 saturated carbocycles. The zero-order valence-electron chi connectivity index (χ0n) is 12.4. The van der Waals surface area contributed by atoms with Crippen LogP contribution >= 0.6 is 0 Å². The number of sulfonamides is 1. The fourth-order valence-corrected chi connectivity index (χ4v) is 4.04. The first kappa shape index (κ1) is 15.5. The van der Waals surface area contributed by atoms with Crippen LogP contribution < -0.4 is 5.32 Å². The normalized spacial score (nSPS) is 24.4. The maximum atomic E-state index is 12.5. The van der Waals surface area contributed by atoms with Gasteiger partial charge in [0.05, 0.1) is 6.20 Å². The van der Waals surface area contributed by atoms with Gasteiger partial charge in [0, 0.05) is 25.8 Å². The minimum atomic E-state index is -3.38. The number of hydrogen-bond acceptors (Lipinski definition) is 4. The molecule has 1 N–H and O–H groups in total. The van der Waals surface area contributed by atoms with Crippen molar-refractivity contribution in [3.05, 3.63) is 12.4 Å². The van der Waals surface area contributed by atoms with Gasteiger partial charge >= 0.3 is 0 Å². The van der Waals surface area contributed by atoms with E-state index in [9.17, 15) is 8.42 Å². The van der Waals surface area contributed by atoms with Crippen molar-refractivity contribution in [3.63, 3.8) is 0 Å². The van der Waals surface area contributed by atoms with E-state index in [1.54, 1.807) is 15.2 Å². The highest BCUT2D eigenvalue weighted by Gasteiger charge is 2.35. The first-order chi connectivity index (χ1) is 9.45. The largest absolute Gasteiger partial charge is 0.320 e. The van der Waals surface area contributed by atoms with Gasteiger partial charge in [0.25, 0.3) is 0 Å². The van der Waals surface area contributed by atoms with Gasteiger partial charge in [-0.05, 0) is 31.8 Å². The molecule has 1 saturated heterocycles. The number of hydrogen-bond donors (Lipinski definition) is 1. The van der Waals surface area contributed by atoms with E-state index in [1.165, 1.54) is 6.20 Å². The second-order valence-corrected chi connectivity index (χ2v) is 7.61. The quantitative estimate of drug-likeness (QED) is 0.788. The van der Waals surface area contributed by atoms with Crippen LogP contribution in [0.3, 0.4) is 0 Å². The first-order valence-corrected chi connectivity index (χ1v) is 8.56. The molecule has 0 radical (unpaired) electrons. The molecule has 1 aliphatic heterocycles. The average Bonchev–Trinajstić information content (AvgIpc) is 2.99. The predicted octanol–water partition coefficient (Wildman–Crippen LogP) is 0.769. The van der Waals surface area contributed by atoms with Gasteiger partial charge in [-0.2, -0.15) is 9.40 Å². The number of nitrogens with one attached hydrogen (secondary N) is 1. The number of nitrogens with zero attached hydrogens (tertiary/aromatic N) is 3. The third-order valence-electron chi connectivity index (χ3n) is 4.02. The van der Waals surface area contributed by atoms with Crippen LogP contribution in [0.25, 0.3) is 0 Å². The lowest BCUT2D eigenvalue weighted by molar-refractivity contribution is 0.463. The summed E-state index contributed by atoms with van der Waals surface area (Å²) in [6.07, 6.45) is 4.02. The highest BCUT2D eigenvalue weighted by molar-refractivity contribution is 7.89. The van der Waals surface area contributed by atoms with Crippen LogP contribution in [0.5, 0.6) is 0 Å². The molecule has 2 atom stereocenters. The predicted molar refractivity (Wildman–Crippen MR) is 77.9 cm³/mol. The lowest BCUT2D eigenvalue weighted by atomic mass is 10.0. The minimum absolute atomic E-state index is 0.309. The zero-order valence-corrected chi connectivity index (χ0v) is 13.2. The second-order valence-electron chi connectivity index (χ2n) is 5.67. The van der Waals surface area contributed by atoms with Gasteiger partial charge in [-0.25, -0.2) is 8.42 Å². The molecule has 2 unspecified atom stereocenters. The van der Waals surface area contributed by atoms with Crippen molar-refractivity contribution in [3.8, 4) is 0 Å². The standard InChI is InChI=1S/C13H24N4O2S/c1-11-8-17(9-12(11)2)20(18,19)13-7-15-16(10-13)6-4-5-14-3/h7,10-12,14H,4-6,8-9H2,1-3H3. The van der Waals surface area contributed by atoms with Crippen molar-refractivity contribution in [2.75, 3.05) is 26.7 Å². The number of rotatable bonds is 6. The van der Waals surface area contributed by atoms with E-state index in [4.69, 9.17) is 0 Å². The van der Waals surface area contributed by atoms with Crippen molar-refractivity contribution >= 4 is 10.0 Å². The SMILES string of the molecule is CNCCCn1cc(S(=O)(=O)N2CC(C)C(C)C2)cn1. The van der Waals surface area contributed by atoms with E-state index in [-0.39, 0.29) is 0 Å². The monoisotopic (exact) mass is 300 g/mol. The highest BCUT2D eigenvalue weighted by atomic mass is 32.2. The lowest BCUT2D eigenvalue weighted by Crippen LogP contribution is -2.28. The summed E-state index contributed by atoms with van der Waals surface area (Å²) in [6.45, 7) is 7.03. The Morgan fingerprint density at radius 2 is 2.00 bits per heavy atom. The number of aryl methyl sites for hydroxylation is 1. The molecule has 1 fully saturated rings. The topological polar surface area (TPSA) is 67.2 Å². The van der Waals surface area contributed by atoms with Gasteiger partial charge in [-0.3, -0.25) is 4.68 Å². The van der Waals surface area contributed by atoms with E-state index in [1.807, 2.05) is 7.05 Å². The van der Waals surface area contributed by atoms with E-state index in [2.05, 4.69) is 24.3 Å². The summed E-state index contributed by atoms with van der Waals surface area (Å²) in [4.78, 5) is 0.309. The molecule has 20 heavy (non-hydrogen) atoms. The van der Waals surface area contributed by atoms with E-state index in [0.717, 1.165) is 19.5 Å². The summed E-state index contributed by atoms with van der Waals surface area (Å²) >= 11 is 0. The van der Waals surface area contributed by atoms with Crippen LogP contribution in [-0.4, -0.2) is 49.2 Å². The summed E-state index contributed by atoms with van der Waals surface area (Å²) in [6, 6.07) is 0. The molecule has 2 heterocycles. The molecular formula is C13H24N4O2S. The maximum absolute atomic E-state index is 12.5. The van der Waals surface area contributed by atoms with Gasteiger partial charge in [0.2, 0.25) is 10.0 Å². The Balaban J connectivity index is 2.07. The van der Waals surface area contributed by atoms with Crippen LogP contribution in [0.4, 0.5) is 0 Å². The van der Waals surface area contributed by atoms with Crippen LogP contribution in [0.15, 0.2) is 17.3 Å². The van der Waals surface area contributed by atoms with Crippen molar-refractivity contribution in [2.45, 2.75) is 31.7 Å². The van der Waals surface area contributed by atoms with Gasteiger partial charge < -0.3 is 5.32 Å². The van der Waals surface area contributed by atoms with E-state index < -0.39 is 10.0 Å². The Hall–Kier alpha value is -0.920. The molecule has 1 aromatic heterocycles. The molecule has 1 aromatic rings. The average molecular weight is 300 g/mol. The Kier molecular flexibility index (Phi) is 4.82. The molecule has 0 amide bonds. The summed E-state index contributed by atoms with van der Waals surface area (Å²) in [7, 11) is -1.48. The molecule has 0 bridgehead atoms. The van der Waals surface area contributed by atoms with Crippen LogP contribution in [0.1, 0.15) is 20.3 Å². The van der Waals surface area contributed by atoms with Crippen molar-refractivity contribution in [1.29, 1.82) is 0 Å². The van der Waals surface area contributed by atoms with E-state index in [0.29, 0.717) is 29.8 Å². The maximum Gasteiger partial charge on any atom is 0.246 e. The molecule has 114 valence electrons. The third kappa shape index (κ3) is 3.21. The molecule has 2 rings (SSSR count). The Morgan fingerprint density at radius 3 is 2.60 bits per heavy atom. The molecule has 1 aliphatic rings. The fourth-order valence-electron chi connectivity index (χ4n) is 2.44. The summed E-state index contributed by atoms with van der Waals surface area (Å²) in [5.41, 5.74) is 0. The van der Waals surface area contributed by atoms with E-state index >= 15 is 0 Å². The summed E-state index contributed by atoms with van der Waals surface area (Å²) in [5, 5.41) is 7.21. The molecule has 6 nitrogen and oxygen atoms in total. The molecule has 0 spiro atoms. The summed E-state index contributed by atoms with van der Waals surface area (Å²) < 4.78 is 28.3. The smallest absolute Gasteiger partial charge is 0.246 e. The summed E-state index contributed by atoms with van der Waals surface area (Å²) in [5.74, 6) is 0.825. The molecule has 0 aliphatic carbocycles. The third-order valence-corrected chi connectivity index (χ3v) is 5.80. The molecule has 7 heteroatoms. The van der Waals surface area contributed by atoms with Gasteiger partial charge in [-0.15, -0.1) is 0 Å². The van der Waals surface area contributed by atoms with Crippen LogP contribution in [0.2, 0.25) is 0 Å². The van der Waals surface area contributed by atoms with Gasteiger partial charge in [0.1, 0.15) is 4.90 Å². The van der Waals surface area contributed by atoms with Crippen LogP contribution in [0, 0.1) is 11.8 Å². The Bertz CT molecular complexity index is 530. The van der Waals surface area contributed by atoms with Gasteiger partial charge in [0.15, 0.2) is 0 Å². The lowest BCUT2D eigenvalue weighted by Gasteiger charge is -2.14. The molecular weight excluding hydrogens is 276 g/mol. The minimum Gasteiger partial charge on any atom is -0.320 e.